The van der Waals surface area contributed by atoms with Gasteiger partial charge in [0.1, 0.15) is 11.6 Å². The highest BCUT2D eigenvalue weighted by Crippen LogP contribution is 2.41. The van der Waals surface area contributed by atoms with Crippen molar-refractivity contribution >= 4 is 39.3 Å². The number of aromatic nitrogens is 1. The molecule has 1 aliphatic heterocycles. The zero-order valence-corrected chi connectivity index (χ0v) is 18.0. The summed E-state index contributed by atoms with van der Waals surface area (Å²) in [6, 6.07) is 10.9. The minimum absolute atomic E-state index is 0.146. The molecule has 1 aliphatic rings. The number of nitrogens with zero attached hydrogens (tertiary/aromatic N) is 1. The number of benzene rings is 2. The summed E-state index contributed by atoms with van der Waals surface area (Å²) >= 11 is 9.33. The van der Waals surface area contributed by atoms with Crippen LogP contribution < -0.4 is 14.8 Å². The second kappa shape index (κ2) is 9.24. The number of halogens is 3. The molecule has 8 heteroatoms. The van der Waals surface area contributed by atoms with E-state index in [0.717, 1.165) is 21.7 Å². The van der Waals surface area contributed by atoms with Crippen molar-refractivity contribution in [3.63, 3.8) is 0 Å². The van der Waals surface area contributed by atoms with Crippen LogP contribution in [0.4, 0.5) is 10.2 Å². The minimum atomic E-state index is -0.655. The third-order valence-corrected chi connectivity index (χ3v) is 4.84. The van der Waals surface area contributed by atoms with Crippen molar-refractivity contribution in [1.82, 2.24) is 4.98 Å². The molecule has 4 rings (SSSR count). The summed E-state index contributed by atoms with van der Waals surface area (Å²) < 4.78 is 25.4. The van der Waals surface area contributed by atoms with Crippen LogP contribution in [0.2, 0.25) is 5.02 Å². The van der Waals surface area contributed by atoms with Gasteiger partial charge in [-0.05, 0) is 42.5 Å². The Kier molecular flexibility index (Phi) is 6.71. The quantitative estimate of drug-likeness (QED) is 0.478. The highest BCUT2D eigenvalue weighted by molar-refractivity contribution is 9.10. The van der Waals surface area contributed by atoms with Crippen LogP contribution >= 0.6 is 27.5 Å². The Morgan fingerprint density at radius 1 is 1.14 bits per heavy atom. The van der Waals surface area contributed by atoms with Crippen LogP contribution in [0.15, 0.2) is 53.1 Å². The number of rotatable bonds is 3. The Balaban J connectivity index is 0.00000117. The monoisotopic (exact) mass is 478 g/mol. The molecule has 0 aliphatic carbocycles. The molecule has 5 nitrogen and oxygen atoms in total. The number of nitrogens with one attached hydrogen (secondary N) is 1. The Hall–Kier alpha value is -2.64. The number of carbonyl (C=O) groups is 1. The zero-order valence-electron chi connectivity index (χ0n) is 15.6. The fraction of sp³-hybridized carbons (Fsp3) is 0.143. The van der Waals surface area contributed by atoms with Crippen LogP contribution in [0.3, 0.4) is 0 Å². The maximum absolute atomic E-state index is 13.8. The number of anilines is 1. The van der Waals surface area contributed by atoms with Gasteiger partial charge in [0.2, 0.25) is 6.79 Å². The Morgan fingerprint density at radius 3 is 2.55 bits per heavy atom. The van der Waals surface area contributed by atoms with Crippen molar-refractivity contribution < 1.29 is 18.7 Å². The van der Waals surface area contributed by atoms with Crippen molar-refractivity contribution in [1.29, 1.82) is 0 Å². The van der Waals surface area contributed by atoms with Gasteiger partial charge >= 0.3 is 0 Å². The number of pyridine rings is 1. The number of fused-ring (bicyclic) bond motifs is 1. The molecule has 0 atom stereocenters. The van der Waals surface area contributed by atoms with E-state index in [1.807, 2.05) is 26.0 Å². The highest BCUT2D eigenvalue weighted by Gasteiger charge is 2.18. The van der Waals surface area contributed by atoms with Gasteiger partial charge in [0.15, 0.2) is 11.5 Å². The third kappa shape index (κ3) is 4.68. The molecule has 1 aromatic heterocycles. The molecule has 1 N–H and O–H groups in total. The van der Waals surface area contributed by atoms with Crippen LogP contribution in [-0.4, -0.2) is 17.7 Å². The lowest BCUT2D eigenvalue weighted by Crippen LogP contribution is -2.14. The van der Waals surface area contributed by atoms with Crippen LogP contribution in [-0.2, 0) is 0 Å². The molecule has 3 aromatic rings. The Labute approximate surface area is 180 Å². The standard InChI is InChI=1S/C19H11BrClFN2O3.C2H6/c20-14-7-17-16(26-9-27-17)6-12(14)10-1-4-18(23-8-10)24-19(25)13-5-11(21)2-3-15(13)22;1-2/h1-8H,9H2,(H,23,24,25);1-2H3. The first kappa shape index (κ1) is 21.1. The summed E-state index contributed by atoms with van der Waals surface area (Å²) in [6.07, 6.45) is 1.60. The molecule has 1 amide bonds. The van der Waals surface area contributed by atoms with E-state index in [1.165, 1.54) is 12.1 Å². The number of hydrogen-bond acceptors (Lipinski definition) is 4. The molecule has 0 radical (unpaired) electrons. The minimum Gasteiger partial charge on any atom is -0.454 e. The van der Waals surface area contributed by atoms with Crippen LogP contribution in [0.1, 0.15) is 24.2 Å². The molecule has 150 valence electrons. The summed E-state index contributed by atoms with van der Waals surface area (Å²) in [4.78, 5) is 16.5. The van der Waals surface area contributed by atoms with Gasteiger partial charge < -0.3 is 14.8 Å². The van der Waals surface area contributed by atoms with Gasteiger partial charge in [-0.1, -0.05) is 41.4 Å². The van der Waals surface area contributed by atoms with E-state index in [2.05, 4.69) is 26.2 Å². The molecule has 2 aromatic carbocycles. The van der Waals surface area contributed by atoms with Gasteiger partial charge in [0, 0.05) is 26.8 Å². The maximum atomic E-state index is 13.8. The van der Waals surface area contributed by atoms with Crippen molar-refractivity contribution in [3.05, 3.63) is 69.5 Å². The van der Waals surface area contributed by atoms with Crippen LogP contribution in [0.25, 0.3) is 11.1 Å². The van der Waals surface area contributed by atoms with Crippen molar-refractivity contribution in [2.45, 2.75) is 13.8 Å². The van der Waals surface area contributed by atoms with Crippen molar-refractivity contribution in [2.75, 3.05) is 12.1 Å². The predicted octanol–water partition coefficient (Wildman–Crippen LogP) is 6.31. The van der Waals surface area contributed by atoms with Gasteiger partial charge in [0.05, 0.1) is 5.56 Å². The molecule has 0 bridgehead atoms. The number of ether oxygens (including phenoxy) is 2. The maximum Gasteiger partial charge on any atom is 0.259 e. The van der Waals surface area contributed by atoms with Crippen LogP contribution in [0.5, 0.6) is 11.5 Å². The van der Waals surface area contributed by atoms with E-state index in [-0.39, 0.29) is 17.4 Å². The fourth-order valence-corrected chi connectivity index (χ4v) is 3.34. The lowest BCUT2D eigenvalue weighted by Gasteiger charge is -2.09. The van der Waals surface area contributed by atoms with Crippen LogP contribution in [0, 0.1) is 5.82 Å². The molecule has 0 unspecified atom stereocenters. The van der Waals surface area contributed by atoms with Gasteiger partial charge in [-0.3, -0.25) is 4.79 Å². The summed E-state index contributed by atoms with van der Waals surface area (Å²) in [5.41, 5.74) is 1.53. The number of hydrogen-bond donors (Lipinski definition) is 1. The Bertz CT molecular complexity index is 1040. The topological polar surface area (TPSA) is 60.5 Å². The molecular formula is C21H17BrClFN2O3. The normalized spacial score (nSPS) is 11.5. The molecule has 0 spiro atoms. The number of amides is 1. The molecular weight excluding hydrogens is 463 g/mol. The van der Waals surface area contributed by atoms with E-state index in [9.17, 15) is 9.18 Å². The molecule has 0 saturated heterocycles. The second-order valence-electron chi connectivity index (χ2n) is 5.70. The van der Waals surface area contributed by atoms with E-state index in [0.29, 0.717) is 17.3 Å². The largest absolute Gasteiger partial charge is 0.454 e. The molecule has 0 saturated carbocycles. The van der Waals surface area contributed by atoms with Crippen molar-refractivity contribution in [2.24, 2.45) is 0 Å². The summed E-state index contributed by atoms with van der Waals surface area (Å²) in [5.74, 6) is 0.338. The third-order valence-electron chi connectivity index (χ3n) is 3.95. The zero-order chi connectivity index (χ0) is 21.0. The second-order valence-corrected chi connectivity index (χ2v) is 6.99. The van der Waals surface area contributed by atoms with Gasteiger partial charge in [-0.2, -0.15) is 0 Å². The van der Waals surface area contributed by atoms with E-state index < -0.39 is 11.7 Å². The lowest BCUT2D eigenvalue weighted by molar-refractivity contribution is 0.102. The Morgan fingerprint density at radius 2 is 1.86 bits per heavy atom. The average Bonchev–Trinajstić information content (AvgIpc) is 3.18. The SMILES string of the molecule is CC.O=C(Nc1ccc(-c2cc3c(cc2Br)OCO3)cn1)c1cc(Cl)ccc1F. The first-order valence-electron chi connectivity index (χ1n) is 8.83. The number of carbonyl (C=O) groups excluding carboxylic acids is 1. The first-order valence-corrected chi connectivity index (χ1v) is 10.0. The summed E-state index contributed by atoms with van der Waals surface area (Å²) in [7, 11) is 0. The van der Waals surface area contributed by atoms with Gasteiger partial charge in [-0.15, -0.1) is 0 Å². The van der Waals surface area contributed by atoms with Crippen molar-refractivity contribution in [3.8, 4) is 22.6 Å². The van der Waals surface area contributed by atoms with E-state index >= 15 is 0 Å². The summed E-state index contributed by atoms with van der Waals surface area (Å²) in [5, 5.41) is 2.83. The van der Waals surface area contributed by atoms with E-state index in [4.69, 9.17) is 21.1 Å². The van der Waals surface area contributed by atoms with Gasteiger partial charge in [0.25, 0.3) is 5.91 Å². The lowest BCUT2D eigenvalue weighted by atomic mass is 10.1. The first-order chi connectivity index (χ1) is 14.0. The molecule has 2 heterocycles. The molecule has 0 fully saturated rings. The average molecular weight is 480 g/mol. The smallest absolute Gasteiger partial charge is 0.259 e. The predicted molar refractivity (Wildman–Crippen MR) is 114 cm³/mol. The summed E-state index contributed by atoms with van der Waals surface area (Å²) in [6.45, 7) is 4.19. The van der Waals surface area contributed by atoms with E-state index in [1.54, 1.807) is 18.3 Å². The van der Waals surface area contributed by atoms with Gasteiger partial charge in [-0.25, -0.2) is 9.37 Å². The molecule has 29 heavy (non-hydrogen) atoms. The fourth-order valence-electron chi connectivity index (χ4n) is 2.62. The highest BCUT2D eigenvalue weighted by atomic mass is 79.9.